The van der Waals surface area contributed by atoms with Gasteiger partial charge in [0.05, 0.1) is 5.54 Å². The Balaban J connectivity index is 2.37. The highest BCUT2D eigenvalue weighted by Gasteiger charge is 2.35. The van der Waals surface area contributed by atoms with Crippen LogP contribution in [0.4, 0.5) is 5.69 Å². The van der Waals surface area contributed by atoms with Gasteiger partial charge in [-0.2, -0.15) is 0 Å². The van der Waals surface area contributed by atoms with E-state index in [1.807, 2.05) is 36.9 Å². The molecule has 1 heterocycles. The molecule has 1 aromatic carbocycles. The summed E-state index contributed by atoms with van der Waals surface area (Å²) >= 11 is 0. The van der Waals surface area contributed by atoms with E-state index in [2.05, 4.69) is 13.0 Å². The Hall–Kier alpha value is -1.35. The first kappa shape index (κ1) is 13.1. The zero-order valence-electron chi connectivity index (χ0n) is 11.4. The Kier molecular flexibility index (Phi) is 3.44. The van der Waals surface area contributed by atoms with Crippen LogP contribution in [0.5, 0.6) is 0 Å². The Morgan fingerprint density at radius 1 is 1.50 bits per heavy atom. The topological polar surface area (TPSA) is 46.3 Å². The molecule has 98 valence electrons. The largest absolute Gasteiger partial charge is 0.318 e. The van der Waals surface area contributed by atoms with Gasteiger partial charge in [-0.25, -0.2) is 0 Å². The summed E-state index contributed by atoms with van der Waals surface area (Å²) in [5.74, 6) is 0.514. The van der Waals surface area contributed by atoms with Crippen molar-refractivity contribution in [3.05, 3.63) is 29.8 Å². The van der Waals surface area contributed by atoms with Gasteiger partial charge in [0.25, 0.3) is 0 Å². The van der Waals surface area contributed by atoms with Crippen LogP contribution >= 0.6 is 0 Å². The molecular weight excluding hydrogens is 224 g/mol. The maximum Gasteiger partial charge on any atom is 0.246 e. The Morgan fingerprint density at radius 3 is 2.83 bits per heavy atom. The molecule has 2 unspecified atom stereocenters. The van der Waals surface area contributed by atoms with Gasteiger partial charge in [-0.1, -0.05) is 32.0 Å². The molecule has 0 bridgehead atoms. The highest BCUT2D eigenvalue weighted by atomic mass is 16.2. The zero-order chi connectivity index (χ0) is 13.3. The summed E-state index contributed by atoms with van der Waals surface area (Å²) in [6, 6.07) is 8.13. The van der Waals surface area contributed by atoms with Crippen LogP contribution < -0.4 is 10.6 Å². The number of hydrogen-bond donors (Lipinski definition) is 1. The minimum atomic E-state index is -0.774. The van der Waals surface area contributed by atoms with Gasteiger partial charge in [-0.15, -0.1) is 0 Å². The lowest BCUT2D eigenvalue weighted by atomic mass is 9.91. The van der Waals surface area contributed by atoms with Gasteiger partial charge >= 0.3 is 0 Å². The quantitative estimate of drug-likeness (QED) is 0.870. The van der Waals surface area contributed by atoms with Crippen molar-refractivity contribution in [3.63, 3.8) is 0 Å². The number of anilines is 1. The first-order valence-corrected chi connectivity index (χ1v) is 6.64. The summed E-state index contributed by atoms with van der Waals surface area (Å²) in [5.41, 5.74) is 7.61. The van der Waals surface area contributed by atoms with Crippen LogP contribution in [0.25, 0.3) is 0 Å². The molecule has 18 heavy (non-hydrogen) atoms. The number of fused-ring (bicyclic) bond motifs is 1. The molecule has 1 aliphatic rings. The van der Waals surface area contributed by atoms with Gasteiger partial charge < -0.3 is 10.6 Å². The van der Waals surface area contributed by atoms with Crippen LogP contribution in [0.2, 0.25) is 0 Å². The van der Waals surface area contributed by atoms with Crippen LogP contribution in [0.15, 0.2) is 24.3 Å². The smallest absolute Gasteiger partial charge is 0.246 e. The second kappa shape index (κ2) is 4.73. The lowest BCUT2D eigenvalue weighted by molar-refractivity contribution is -0.123. The highest BCUT2D eigenvalue weighted by molar-refractivity contribution is 6.00. The lowest BCUT2D eigenvalue weighted by Crippen LogP contribution is -2.55. The molecule has 1 aromatic rings. The molecule has 0 radical (unpaired) electrons. The highest BCUT2D eigenvalue weighted by Crippen LogP contribution is 2.31. The second-order valence-electron chi connectivity index (χ2n) is 5.62. The number of nitrogens with two attached hydrogens (primary N) is 1. The molecule has 0 aliphatic carbocycles. The van der Waals surface area contributed by atoms with Crippen molar-refractivity contribution < 1.29 is 4.79 Å². The molecule has 1 amide bonds. The average molecular weight is 246 g/mol. The van der Waals surface area contributed by atoms with Crippen molar-refractivity contribution in [2.24, 2.45) is 11.7 Å². The Morgan fingerprint density at radius 2 is 2.17 bits per heavy atom. The number of carbonyl (C=O) groups is 1. The van der Waals surface area contributed by atoms with Gasteiger partial charge in [-0.3, -0.25) is 4.79 Å². The number of benzene rings is 1. The van der Waals surface area contributed by atoms with Crippen molar-refractivity contribution in [2.75, 3.05) is 11.4 Å². The molecule has 0 fully saturated rings. The predicted octanol–water partition coefficient (Wildman–Crippen LogP) is 2.34. The third-order valence-corrected chi connectivity index (χ3v) is 3.81. The Labute approximate surface area is 109 Å². The monoisotopic (exact) mass is 246 g/mol. The third kappa shape index (κ3) is 2.27. The van der Waals surface area contributed by atoms with Crippen molar-refractivity contribution in [1.82, 2.24) is 0 Å². The summed E-state index contributed by atoms with van der Waals surface area (Å²) in [4.78, 5) is 14.4. The summed E-state index contributed by atoms with van der Waals surface area (Å²) in [6.45, 7) is 6.72. The molecule has 2 N–H and O–H groups in total. The molecule has 1 aliphatic heterocycles. The minimum absolute atomic E-state index is 0.0315. The fourth-order valence-corrected chi connectivity index (χ4v) is 2.45. The second-order valence-corrected chi connectivity index (χ2v) is 5.62. The maximum atomic E-state index is 12.6. The number of amides is 1. The van der Waals surface area contributed by atoms with E-state index in [0.717, 1.165) is 18.7 Å². The van der Waals surface area contributed by atoms with E-state index in [0.29, 0.717) is 12.3 Å². The van der Waals surface area contributed by atoms with Crippen LogP contribution in [0.1, 0.15) is 32.8 Å². The van der Waals surface area contributed by atoms with Crippen LogP contribution in [-0.4, -0.2) is 18.0 Å². The van der Waals surface area contributed by atoms with Gasteiger partial charge in [0.2, 0.25) is 5.91 Å². The Bertz CT molecular complexity index is 454. The number of rotatable bonds is 2. The molecule has 0 aromatic heterocycles. The lowest BCUT2D eigenvalue weighted by Gasteiger charge is -2.37. The van der Waals surface area contributed by atoms with Crippen molar-refractivity contribution in [1.29, 1.82) is 0 Å². The summed E-state index contributed by atoms with van der Waals surface area (Å²) in [5, 5.41) is 0. The number of carbonyl (C=O) groups excluding carboxylic acids is 1. The fourth-order valence-electron chi connectivity index (χ4n) is 2.45. The number of hydrogen-bond acceptors (Lipinski definition) is 2. The van der Waals surface area contributed by atoms with Crippen LogP contribution in [0, 0.1) is 5.92 Å². The van der Waals surface area contributed by atoms with Gasteiger partial charge in [-0.05, 0) is 37.3 Å². The summed E-state index contributed by atoms with van der Waals surface area (Å²) < 4.78 is 0. The standard InChI is InChI=1S/C15H22N2O/c1-4-15(3,16)14(18)17-10-11(2)9-12-7-5-6-8-13(12)17/h5-8,11H,4,9-10,16H2,1-3H3. The molecule has 0 saturated heterocycles. The average Bonchev–Trinajstić information content (AvgIpc) is 2.36. The maximum absolute atomic E-state index is 12.6. The van der Waals surface area contributed by atoms with Crippen molar-refractivity contribution >= 4 is 11.6 Å². The molecule has 2 rings (SSSR count). The number of nitrogens with zero attached hydrogens (tertiary/aromatic N) is 1. The van der Waals surface area contributed by atoms with Crippen LogP contribution in [0.3, 0.4) is 0 Å². The van der Waals surface area contributed by atoms with E-state index in [-0.39, 0.29) is 5.91 Å². The van der Waals surface area contributed by atoms with Gasteiger partial charge in [0.1, 0.15) is 0 Å². The van der Waals surface area contributed by atoms with E-state index in [4.69, 9.17) is 5.73 Å². The molecule has 2 atom stereocenters. The zero-order valence-corrected chi connectivity index (χ0v) is 11.4. The van der Waals surface area contributed by atoms with E-state index in [9.17, 15) is 4.79 Å². The van der Waals surface area contributed by atoms with E-state index in [1.165, 1.54) is 5.56 Å². The van der Waals surface area contributed by atoms with E-state index >= 15 is 0 Å². The van der Waals surface area contributed by atoms with E-state index < -0.39 is 5.54 Å². The normalized spacial score (nSPS) is 22.2. The SMILES string of the molecule is CCC(C)(N)C(=O)N1CC(C)Cc2ccccc21. The minimum Gasteiger partial charge on any atom is -0.318 e. The summed E-state index contributed by atoms with van der Waals surface area (Å²) in [7, 11) is 0. The predicted molar refractivity (Wildman–Crippen MR) is 74.5 cm³/mol. The summed E-state index contributed by atoms with van der Waals surface area (Å²) in [6.07, 6.45) is 1.69. The van der Waals surface area contributed by atoms with E-state index in [1.54, 1.807) is 0 Å². The number of para-hydroxylation sites is 1. The molecule has 3 heteroatoms. The van der Waals surface area contributed by atoms with Gasteiger partial charge in [0.15, 0.2) is 0 Å². The third-order valence-electron chi connectivity index (χ3n) is 3.81. The first-order chi connectivity index (χ1) is 8.45. The fraction of sp³-hybridized carbons (Fsp3) is 0.533. The van der Waals surface area contributed by atoms with Crippen molar-refractivity contribution in [3.8, 4) is 0 Å². The molecule has 3 nitrogen and oxygen atoms in total. The molecular formula is C15H22N2O. The molecule has 0 saturated carbocycles. The van der Waals surface area contributed by atoms with Crippen LogP contribution in [-0.2, 0) is 11.2 Å². The molecule has 0 spiro atoms. The van der Waals surface area contributed by atoms with Crippen molar-refractivity contribution in [2.45, 2.75) is 39.2 Å². The first-order valence-electron chi connectivity index (χ1n) is 6.64. The van der Waals surface area contributed by atoms with Gasteiger partial charge in [0, 0.05) is 12.2 Å².